The van der Waals surface area contributed by atoms with Crippen molar-refractivity contribution in [2.45, 2.75) is 12.5 Å². The van der Waals surface area contributed by atoms with Crippen LogP contribution in [-0.4, -0.2) is 17.2 Å². The summed E-state index contributed by atoms with van der Waals surface area (Å²) in [5.41, 5.74) is 0.860. The van der Waals surface area contributed by atoms with E-state index in [1.165, 1.54) is 0 Å². The number of ether oxygens (including phenoxy) is 2. The smallest absolute Gasteiger partial charge is 0.345 e. The van der Waals surface area contributed by atoms with Crippen molar-refractivity contribution < 1.29 is 19.4 Å². The highest BCUT2D eigenvalue weighted by Crippen LogP contribution is 2.24. The maximum absolute atomic E-state index is 11.7. The molecule has 0 heterocycles. The van der Waals surface area contributed by atoms with Crippen molar-refractivity contribution in [1.29, 1.82) is 0 Å². The first kappa shape index (κ1) is 18.6. The zero-order valence-electron chi connectivity index (χ0n) is 15.7. The lowest BCUT2D eigenvalue weighted by atomic mass is 10.1. The fourth-order valence-electron chi connectivity index (χ4n) is 3.12. The van der Waals surface area contributed by atoms with Gasteiger partial charge in [-0.3, -0.25) is 0 Å². The average Bonchev–Trinajstić information content (AvgIpc) is 2.75. The number of fused-ring (bicyclic) bond motifs is 1. The molecule has 1 atom stereocenters. The molecule has 4 heteroatoms. The van der Waals surface area contributed by atoms with Gasteiger partial charge in [0.1, 0.15) is 17.2 Å². The summed E-state index contributed by atoms with van der Waals surface area (Å²) in [5, 5.41) is 11.7. The fraction of sp³-hybridized carbons (Fsp3) is 0.0800. The number of aliphatic carboxylic acids is 1. The maximum atomic E-state index is 11.7. The summed E-state index contributed by atoms with van der Waals surface area (Å²) in [6.45, 7) is 0. The molecule has 4 nitrogen and oxygen atoms in total. The Morgan fingerprint density at radius 3 is 2.07 bits per heavy atom. The molecule has 4 aromatic rings. The van der Waals surface area contributed by atoms with E-state index >= 15 is 0 Å². The van der Waals surface area contributed by atoms with Gasteiger partial charge >= 0.3 is 5.97 Å². The van der Waals surface area contributed by atoms with Crippen molar-refractivity contribution >= 4 is 16.7 Å². The van der Waals surface area contributed by atoms with Crippen LogP contribution >= 0.6 is 0 Å². The van der Waals surface area contributed by atoms with Crippen LogP contribution in [0.2, 0.25) is 0 Å². The summed E-state index contributed by atoms with van der Waals surface area (Å²) >= 11 is 0. The Morgan fingerprint density at radius 2 is 1.34 bits per heavy atom. The second-order valence-electron chi connectivity index (χ2n) is 6.72. The molecule has 0 amide bonds. The average molecular weight is 384 g/mol. The molecule has 0 fully saturated rings. The van der Waals surface area contributed by atoms with Crippen LogP contribution in [0.3, 0.4) is 0 Å². The largest absolute Gasteiger partial charge is 0.478 e. The predicted molar refractivity (Wildman–Crippen MR) is 113 cm³/mol. The van der Waals surface area contributed by atoms with Crippen LogP contribution in [0.15, 0.2) is 97.1 Å². The lowest BCUT2D eigenvalue weighted by Crippen LogP contribution is -2.29. The van der Waals surface area contributed by atoms with Gasteiger partial charge in [0.15, 0.2) is 6.10 Å². The van der Waals surface area contributed by atoms with E-state index in [1.54, 1.807) is 6.07 Å². The zero-order valence-corrected chi connectivity index (χ0v) is 15.7. The highest BCUT2D eigenvalue weighted by molar-refractivity contribution is 5.84. The van der Waals surface area contributed by atoms with Gasteiger partial charge in [-0.25, -0.2) is 4.79 Å². The molecule has 4 aromatic carbocycles. The minimum Gasteiger partial charge on any atom is -0.478 e. The molecule has 0 bridgehead atoms. The third-order valence-electron chi connectivity index (χ3n) is 4.60. The molecular weight excluding hydrogens is 364 g/mol. The van der Waals surface area contributed by atoms with E-state index in [0.717, 1.165) is 22.1 Å². The number of rotatable bonds is 7. The minimum absolute atomic E-state index is 0.258. The predicted octanol–water partition coefficient (Wildman–Crippen LogP) is 5.71. The second-order valence-corrected chi connectivity index (χ2v) is 6.72. The van der Waals surface area contributed by atoms with E-state index in [-0.39, 0.29) is 6.42 Å². The highest BCUT2D eigenvalue weighted by atomic mass is 16.5. The molecule has 29 heavy (non-hydrogen) atoms. The van der Waals surface area contributed by atoms with E-state index in [4.69, 9.17) is 9.47 Å². The Hall–Kier alpha value is -3.79. The number of carboxylic acids is 1. The van der Waals surface area contributed by atoms with Crippen molar-refractivity contribution in [1.82, 2.24) is 0 Å². The molecule has 0 aromatic heterocycles. The Morgan fingerprint density at radius 1 is 0.724 bits per heavy atom. The van der Waals surface area contributed by atoms with Crippen molar-refractivity contribution in [3.05, 3.63) is 103 Å². The van der Waals surface area contributed by atoms with Gasteiger partial charge in [0.2, 0.25) is 0 Å². The van der Waals surface area contributed by atoms with Gasteiger partial charge in [-0.1, -0.05) is 60.7 Å². The van der Waals surface area contributed by atoms with Crippen LogP contribution in [0.5, 0.6) is 17.2 Å². The van der Waals surface area contributed by atoms with E-state index in [9.17, 15) is 9.90 Å². The maximum Gasteiger partial charge on any atom is 0.345 e. The molecule has 0 saturated heterocycles. The number of benzene rings is 4. The van der Waals surface area contributed by atoms with Crippen molar-refractivity contribution in [2.24, 2.45) is 0 Å². The van der Waals surface area contributed by atoms with Gasteiger partial charge in [0, 0.05) is 6.42 Å². The van der Waals surface area contributed by atoms with Crippen LogP contribution < -0.4 is 9.47 Å². The first-order chi connectivity index (χ1) is 14.2. The Bertz CT molecular complexity index is 1100. The second kappa shape index (κ2) is 8.48. The summed E-state index contributed by atoms with van der Waals surface area (Å²) in [7, 11) is 0. The molecule has 1 unspecified atom stereocenters. The van der Waals surface area contributed by atoms with Crippen molar-refractivity contribution in [2.75, 3.05) is 0 Å². The first-order valence-corrected chi connectivity index (χ1v) is 9.37. The van der Waals surface area contributed by atoms with E-state index in [2.05, 4.69) is 0 Å². The quantitative estimate of drug-likeness (QED) is 0.444. The molecular formula is C25H20O4. The fourth-order valence-corrected chi connectivity index (χ4v) is 3.12. The molecule has 0 aliphatic carbocycles. The summed E-state index contributed by atoms with van der Waals surface area (Å²) < 4.78 is 11.6. The number of hydrogen-bond acceptors (Lipinski definition) is 3. The van der Waals surface area contributed by atoms with Gasteiger partial charge in [0.25, 0.3) is 0 Å². The first-order valence-electron chi connectivity index (χ1n) is 9.37. The molecule has 4 rings (SSSR count). The summed E-state index contributed by atoms with van der Waals surface area (Å²) in [6, 6.07) is 30.4. The number of para-hydroxylation sites is 1. The van der Waals surface area contributed by atoms with Gasteiger partial charge in [0.05, 0.1) is 0 Å². The van der Waals surface area contributed by atoms with Crippen molar-refractivity contribution in [3.63, 3.8) is 0 Å². The van der Waals surface area contributed by atoms with Gasteiger partial charge < -0.3 is 14.6 Å². The molecule has 0 aliphatic heterocycles. The highest BCUT2D eigenvalue weighted by Gasteiger charge is 2.20. The van der Waals surface area contributed by atoms with Crippen molar-refractivity contribution in [3.8, 4) is 17.2 Å². The molecule has 0 aliphatic rings. The minimum atomic E-state index is -0.997. The molecule has 0 radical (unpaired) electrons. The van der Waals surface area contributed by atoms with Gasteiger partial charge in [-0.2, -0.15) is 0 Å². The Labute approximate surface area is 169 Å². The summed E-state index contributed by atoms with van der Waals surface area (Å²) in [6.07, 6.45) is -0.717. The van der Waals surface area contributed by atoms with E-state index in [0.29, 0.717) is 11.5 Å². The third-order valence-corrected chi connectivity index (χ3v) is 4.60. The van der Waals surface area contributed by atoms with E-state index < -0.39 is 12.1 Å². The molecule has 0 spiro atoms. The summed E-state index contributed by atoms with van der Waals surface area (Å²) in [4.78, 5) is 11.7. The zero-order chi connectivity index (χ0) is 20.1. The topological polar surface area (TPSA) is 55.8 Å². The Balaban J connectivity index is 1.45. The number of carboxylic acid groups (broad SMARTS) is 1. The van der Waals surface area contributed by atoms with Crippen LogP contribution in [-0.2, 0) is 11.2 Å². The third kappa shape index (κ3) is 4.74. The SMILES string of the molecule is O=C(O)C(Cc1ccc(Oc2ccccc2)cc1)Oc1ccc2ccccc2c1. The van der Waals surface area contributed by atoms with Crippen LogP contribution in [0, 0.1) is 0 Å². The van der Waals surface area contributed by atoms with Crippen LogP contribution in [0.25, 0.3) is 10.8 Å². The molecule has 144 valence electrons. The number of hydrogen-bond donors (Lipinski definition) is 1. The monoisotopic (exact) mass is 384 g/mol. The van der Waals surface area contributed by atoms with Gasteiger partial charge in [-0.05, 0) is 52.7 Å². The number of carbonyl (C=O) groups is 1. The Kier molecular flexibility index (Phi) is 5.43. The summed E-state index contributed by atoms with van der Waals surface area (Å²) in [5.74, 6) is 0.994. The normalized spacial score (nSPS) is 11.7. The standard InChI is InChI=1S/C25H20O4/c26-25(27)24(29-23-15-12-19-6-4-5-7-20(19)17-23)16-18-10-13-22(14-11-18)28-21-8-2-1-3-9-21/h1-15,17,24H,16H2,(H,26,27). The van der Waals surface area contributed by atoms with Crippen LogP contribution in [0.4, 0.5) is 0 Å². The lowest BCUT2D eigenvalue weighted by Gasteiger charge is -2.16. The molecule has 1 N–H and O–H groups in total. The molecule has 0 saturated carbocycles. The van der Waals surface area contributed by atoms with Crippen LogP contribution in [0.1, 0.15) is 5.56 Å². The van der Waals surface area contributed by atoms with Gasteiger partial charge in [-0.15, -0.1) is 0 Å². The lowest BCUT2D eigenvalue weighted by molar-refractivity contribution is -0.145. The van der Waals surface area contributed by atoms with E-state index in [1.807, 2.05) is 91.0 Å².